The molecule has 1 aliphatic carbocycles. The number of nitrogens with one attached hydrogen (secondary N) is 3. The molecule has 2 aromatic carbocycles. The second kappa shape index (κ2) is 9.46. The van der Waals surface area contributed by atoms with Gasteiger partial charge in [0.1, 0.15) is 5.75 Å². The van der Waals surface area contributed by atoms with Crippen LogP contribution in [0.4, 0.5) is 16.2 Å². The number of hydrogen-bond donors (Lipinski definition) is 4. The van der Waals surface area contributed by atoms with E-state index in [1.54, 1.807) is 24.3 Å². The summed E-state index contributed by atoms with van der Waals surface area (Å²) in [6, 6.07) is 10.6. The minimum absolute atomic E-state index is 0.204. The molecule has 3 amide bonds. The zero-order chi connectivity index (χ0) is 24.4. The molecule has 1 saturated carbocycles. The maximum atomic E-state index is 13.3. The largest absolute Gasteiger partial charge is 0.507 e. The molecule has 0 aliphatic heterocycles. The summed E-state index contributed by atoms with van der Waals surface area (Å²) in [7, 11) is 0. The van der Waals surface area contributed by atoms with E-state index in [4.69, 9.17) is 0 Å². The van der Waals surface area contributed by atoms with E-state index >= 15 is 0 Å². The summed E-state index contributed by atoms with van der Waals surface area (Å²) in [5.41, 5.74) is 2.30. The molecule has 178 valence electrons. The molecule has 3 rings (SSSR count). The van der Waals surface area contributed by atoms with E-state index < -0.39 is 0 Å². The van der Waals surface area contributed by atoms with Gasteiger partial charge in [0.2, 0.25) is 0 Å². The second-order valence-corrected chi connectivity index (χ2v) is 11.0. The Morgan fingerprint density at radius 1 is 0.848 bits per heavy atom. The number of aromatic hydroxyl groups is 1. The van der Waals surface area contributed by atoms with Crippen LogP contribution in [0.2, 0.25) is 0 Å². The Morgan fingerprint density at radius 3 is 1.82 bits per heavy atom. The van der Waals surface area contributed by atoms with E-state index in [1.807, 2.05) is 53.7 Å². The van der Waals surface area contributed by atoms with Crippen molar-refractivity contribution < 1.29 is 14.7 Å². The maximum absolute atomic E-state index is 13.3. The fourth-order valence-corrected chi connectivity index (χ4v) is 4.22. The van der Waals surface area contributed by atoms with Crippen molar-refractivity contribution in [3.63, 3.8) is 0 Å². The van der Waals surface area contributed by atoms with Gasteiger partial charge in [-0.1, -0.05) is 66.5 Å². The van der Waals surface area contributed by atoms with Crippen molar-refractivity contribution in [3.8, 4) is 5.75 Å². The first-order chi connectivity index (χ1) is 15.4. The van der Waals surface area contributed by atoms with Gasteiger partial charge in [0.05, 0.1) is 11.4 Å². The summed E-state index contributed by atoms with van der Waals surface area (Å²) in [6.07, 6.45) is 4.27. The molecule has 0 atom stereocenters. The predicted molar refractivity (Wildman–Crippen MR) is 134 cm³/mol. The van der Waals surface area contributed by atoms with Crippen molar-refractivity contribution in [3.05, 3.63) is 53.1 Å². The van der Waals surface area contributed by atoms with Gasteiger partial charge in [-0.25, -0.2) is 4.79 Å². The van der Waals surface area contributed by atoms with Crippen molar-refractivity contribution in [1.29, 1.82) is 0 Å². The van der Waals surface area contributed by atoms with Gasteiger partial charge in [0, 0.05) is 22.7 Å². The smallest absolute Gasteiger partial charge is 0.319 e. The molecule has 0 heterocycles. The highest BCUT2D eigenvalue weighted by Crippen LogP contribution is 2.40. The summed E-state index contributed by atoms with van der Waals surface area (Å²) in [6.45, 7) is 12.1. The average Bonchev–Trinajstić information content (AvgIpc) is 3.20. The highest BCUT2D eigenvalue weighted by atomic mass is 16.3. The van der Waals surface area contributed by atoms with Gasteiger partial charge in [-0.2, -0.15) is 0 Å². The van der Waals surface area contributed by atoms with E-state index in [2.05, 4.69) is 16.0 Å². The topological polar surface area (TPSA) is 90.5 Å². The second-order valence-electron chi connectivity index (χ2n) is 11.0. The van der Waals surface area contributed by atoms with Crippen LogP contribution in [0.1, 0.15) is 88.7 Å². The van der Waals surface area contributed by atoms with Crippen LogP contribution in [0.5, 0.6) is 5.75 Å². The molecule has 1 aliphatic rings. The van der Waals surface area contributed by atoms with Crippen LogP contribution >= 0.6 is 0 Å². The lowest BCUT2D eigenvalue weighted by Gasteiger charge is -2.28. The molecule has 0 aromatic heterocycles. The number of para-hydroxylation sites is 2. The number of carbonyl (C=O) groups excluding carboxylic acids is 2. The van der Waals surface area contributed by atoms with Crippen LogP contribution in [0, 0.1) is 0 Å². The molecule has 0 saturated heterocycles. The first kappa shape index (κ1) is 24.6. The molecule has 0 radical (unpaired) electrons. The zero-order valence-electron chi connectivity index (χ0n) is 20.6. The molecule has 0 spiro atoms. The summed E-state index contributed by atoms with van der Waals surface area (Å²) in [5, 5.41) is 19.7. The van der Waals surface area contributed by atoms with Crippen LogP contribution in [0.15, 0.2) is 36.4 Å². The fourth-order valence-electron chi connectivity index (χ4n) is 4.22. The normalized spacial score (nSPS) is 14.7. The Labute approximate surface area is 197 Å². The molecule has 1 fully saturated rings. The Morgan fingerprint density at radius 2 is 1.33 bits per heavy atom. The SMILES string of the molecule is CC(C)(C)c1cc(C(=O)Nc2ccccc2NC(=O)NC2CCCC2)cc(C(C)(C)C)c1O. The van der Waals surface area contributed by atoms with Crippen molar-refractivity contribution in [2.75, 3.05) is 10.6 Å². The van der Waals surface area contributed by atoms with E-state index in [0.717, 1.165) is 36.8 Å². The quantitative estimate of drug-likeness (QED) is 0.439. The van der Waals surface area contributed by atoms with Crippen LogP contribution in [0.25, 0.3) is 0 Å². The third-order valence-electron chi connectivity index (χ3n) is 6.10. The number of phenolic OH excluding ortho intramolecular Hbond substituents is 1. The lowest BCUT2D eigenvalue weighted by Crippen LogP contribution is -2.36. The third kappa shape index (κ3) is 6.06. The standard InChI is InChI=1S/C27H37N3O3/c1-26(2,3)19-15-17(16-20(23(19)31)27(4,5)6)24(32)29-21-13-9-10-14-22(21)30-25(33)28-18-11-7-8-12-18/h9-10,13-16,18,31H,7-8,11-12H2,1-6H3,(H,29,32)(H2,28,30,33). The lowest BCUT2D eigenvalue weighted by molar-refractivity contribution is 0.102. The number of phenols is 1. The van der Waals surface area contributed by atoms with E-state index in [0.29, 0.717) is 16.9 Å². The van der Waals surface area contributed by atoms with Crippen molar-refractivity contribution in [2.24, 2.45) is 0 Å². The number of amides is 3. The summed E-state index contributed by atoms with van der Waals surface area (Å²) >= 11 is 0. The molecule has 6 nitrogen and oxygen atoms in total. The number of benzene rings is 2. The molecule has 6 heteroatoms. The third-order valence-corrected chi connectivity index (χ3v) is 6.10. The minimum Gasteiger partial charge on any atom is -0.507 e. The summed E-state index contributed by atoms with van der Waals surface area (Å²) in [5.74, 6) is -0.0614. The van der Waals surface area contributed by atoms with Crippen LogP contribution < -0.4 is 16.0 Å². The fraction of sp³-hybridized carbons (Fsp3) is 0.481. The van der Waals surface area contributed by atoms with Gasteiger partial charge < -0.3 is 21.1 Å². The molecule has 0 unspecified atom stereocenters. The number of hydrogen-bond acceptors (Lipinski definition) is 3. The first-order valence-corrected chi connectivity index (χ1v) is 11.7. The zero-order valence-corrected chi connectivity index (χ0v) is 20.6. The van der Waals surface area contributed by atoms with Gasteiger partial charge in [0.15, 0.2) is 0 Å². The van der Waals surface area contributed by atoms with Crippen LogP contribution in [0.3, 0.4) is 0 Å². The van der Waals surface area contributed by atoms with Crippen molar-refractivity contribution >= 4 is 23.3 Å². The highest BCUT2D eigenvalue weighted by Gasteiger charge is 2.28. The van der Waals surface area contributed by atoms with Crippen LogP contribution in [-0.4, -0.2) is 23.1 Å². The van der Waals surface area contributed by atoms with E-state index in [-0.39, 0.29) is 34.6 Å². The lowest BCUT2D eigenvalue weighted by atomic mass is 9.78. The Hall–Kier alpha value is -3.02. The highest BCUT2D eigenvalue weighted by molar-refractivity contribution is 6.07. The van der Waals surface area contributed by atoms with E-state index in [9.17, 15) is 14.7 Å². The monoisotopic (exact) mass is 451 g/mol. The molecular weight excluding hydrogens is 414 g/mol. The van der Waals surface area contributed by atoms with Gasteiger partial charge in [0.25, 0.3) is 5.91 Å². The minimum atomic E-state index is -0.335. The first-order valence-electron chi connectivity index (χ1n) is 11.7. The van der Waals surface area contributed by atoms with Gasteiger partial charge in [-0.15, -0.1) is 0 Å². The summed E-state index contributed by atoms with van der Waals surface area (Å²) in [4.78, 5) is 25.7. The molecule has 0 bridgehead atoms. The van der Waals surface area contributed by atoms with Crippen molar-refractivity contribution in [1.82, 2.24) is 5.32 Å². The van der Waals surface area contributed by atoms with Gasteiger partial charge in [-0.05, 0) is 47.9 Å². The summed E-state index contributed by atoms with van der Waals surface area (Å²) < 4.78 is 0. The van der Waals surface area contributed by atoms with Crippen molar-refractivity contribution in [2.45, 2.75) is 84.1 Å². The number of rotatable bonds is 4. The Bertz CT molecular complexity index is 991. The molecular formula is C27H37N3O3. The molecule has 4 N–H and O–H groups in total. The predicted octanol–water partition coefficient (Wildman–Crippen LogP) is 6.30. The average molecular weight is 452 g/mol. The van der Waals surface area contributed by atoms with Crippen LogP contribution in [-0.2, 0) is 10.8 Å². The number of urea groups is 1. The number of anilines is 2. The maximum Gasteiger partial charge on any atom is 0.319 e. The van der Waals surface area contributed by atoms with E-state index in [1.165, 1.54) is 0 Å². The van der Waals surface area contributed by atoms with Gasteiger partial charge >= 0.3 is 6.03 Å². The Balaban J connectivity index is 1.86. The number of carbonyl (C=O) groups is 2. The molecule has 33 heavy (non-hydrogen) atoms. The van der Waals surface area contributed by atoms with Gasteiger partial charge in [-0.3, -0.25) is 4.79 Å². The molecule has 2 aromatic rings. The Kier molecular flexibility index (Phi) is 7.06.